The highest BCUT2D eigenvalue weighted by Crippen LogP contribution is 2.29. The lowest BCUT2D eigenvalue weighted by atomic mass is 10.1. The number of nitrogens with two attached hydrogens (primary N) is 1. The lowest BCUT2D eigenvalue weighted by Crippen LogP contribution is -2.12. The largest absolute Gasteiger partial charge is 0.383 e. The van der Waals surface area contributed by atoms with Gasteiger partial charge in [-0.1, -0.05) is 30.3 Å². The monoisotopic (exact) mass is 255 g/mol. The molecule has 1 aromatic heterocycles. The van der Waals surface area contributed by atoms with Crippen molar-refractivity contribution in [1.29, 1.82) is 0 Å². The molecule has 1 atom stereocenters. The van der Waals surface area contributed by atoms with Gasteiger partial charge in [0.05, 0.1) is 0 Å². The molecule has 4 heteroatoms. The van der Waals surface area contributed by atoms with Gasteiger partial charge in [0.2, 0.25) is 0 Å². The maximum atomic E-state index is 6.04. The molecule has 0 spiro atoms. The molecule has 1 aliphatic rings. The quantitative estimate of drug-likeness (QED) is 0.914. The second-order valence-corrected chi connectivity index (χ2v) is 4.77. The maximum Gasteiger partial charge on any atom is 0.164 e. The van der Waals surface area contributed by atoms with E-state index >= 15 is 0 Å². The van der Waals surface area contributed by atoms with Crippen LogP contribution in [0.5, 0.6) is 0 Å². The highest BCUT2D eigenvalue weighted by molar-refractivity contribution is 5.45. The van der Waals surface area contributed by atoms with Gasteiger partial charge < -0.3 is 10.5 Å². The van der Waals surface area contributed by atoms with Gasteiger partial charge in [-0.3, -0.25) is 0 Å². The van der Waals surface area contributed by atoms with Gasteiger partial charge >= 0.3 is 0 Å². The summed E-state index contributed by atoms with van der Waals surface area (Å²) >= 11 is 0. The lowest BCUT2D eigenvalue weighted by Gasteiger charge is -2.16. The molecule has 0 fully saturated rings. The number of nitrogens with zero attached hydrogens (tertiary/aromatic N) is 2. The normalized spacial score (nSPS) is 15.2. The van der Waals surface area contributed by atoms with E-state index in [1.807, 2.05) is 30.3 Å². The SMILES string of the molecule is COC(c1ccccc1)c1nc(N)c2c(n1)CCC2. The fraction of sp³-hybridized carbons (Fsp3) is 0.333. The minimum absolute atomic E-state index is 0.255. The second kappa shape index (κ2) is 4.97. The standard InChI is InChI=1S/C15H17N3O/c1-19-13(10-6-3-2-4-7-10)15-17-12-9-5-8-11(12)14(16)18-15/h2-4,6-7,13H,5,8-9H2,1H3,(H2,16,17,18). The van der Waals surface area contributed by atoms with Crippen molar-refractivity contribution in [2.45, 2.75) is 25.4 Å². The number of methoxy groups -OCH3 is 1. The molecule has 1 aliphatic carbocycles. The first-order valence-corrected chi connectivity index (χ1v) is 6.52. The first kappa shape index (κ1) is 12.1. The fourth-order valence-electron chi connectivity index (χ4n) is 2.62. The Bertz CT molecular complexity index is 583. The molecule has 1 aromatic carbocycles. The van der Waals surface area contributed by atoms with E-state index in [0.717, 1.165) is 36.1 Å². The zero-order valence-electron chi connectivity index (χ0n) is 11.0. The molecule has 2 aromatic rings. The number of anilines is 1. The van der Waals surface area contributed by atoms with Crippen LogP contribution in [0, 0.1) is 0 Å². The average molecular weight is 255 g/mol. The molecular formula is C15H17N3O. The Morgan fingerprint density at radius 2 is 1.95 bits per heavy atom. The molecule has 0 amide bonds. The zero-order chi connectivity index (χ0) is 13.2. The van der Waals surface area contributed by atoms with Crippen LogP contribution < -0.4 is 5.73 Å². The molecule has 0 bridgehead atoms. The molecule has 0 aliphatic heterocycles. The molecule has 0 saturated carbocycles. The van der Waals surface area contributed by atoms with Crippen LogP contribution in [-0.4, -0.2) is 17.1 Å². The third-order valence-corrected chi connectivity index (χ3v) is 3.55. The van der Waals surface area contributed by atoms with Crippen LogP contribution in [-0.2, 0) is 17.6 Å². The van der Waals surface area contributed by atoms with Gasteiger partial charge in [0.25, 0.3) is 0 Å². The van der Waals surface area contributed by atoms with E-state index in [4.69, 9.17) is 10.5 Å². The van der Waals surface area contributed by atoms with Crippen LogP contribution in [0.3, 0.4) is 0 Å². The summed E-state index contributed by atoms with van der Waals surface area (Å²) in [5.41, 5.74) is 9.28. The van der Waals surface area contributed by atoms with Crippen LogP contribution in [0.15, 0.2) is 30.3 Å². The van der Waals surface area contributed by atoms with E-state index in [0.29, 0.717) is 11.6 Å². The van der Waals surface area contributed by atoms with Crippen molar-refractivity contribution in [1.82, 2.24) is 9.97 Å². The summed E-state index contributed by atoms with van der Waals surface area (Å²) in [6, 6.07) is 9.98. The Kier molecular flexibility index (Phi) is 3.17. The van der Waals surface area contributed by atoms with Crippen LogP contribution in [0.4, 0.5) is 5.82 Å². The smallest absolute Gasteiger partial charge is 0.164 e. The minimum atomic E-state index is -0.255. The number of hydrogen-bond donors (Lipinski definition) is 1. The number of benzene rings is 1. The Hall–Kier alpha value is -1.94. The first-order chi connectivity index (χ1) is 9.29. The number of fused-ring (bicyclic) bond motifs is 1. The Labute approximate surface area is 112 Å². The van der Waals surface area contributed by atoms with Gasteiger partial charge in [0.15, 0.2) is 5.82 Å². The first-order valence-electron chi connectivity index (χ1n) is 6.52. The van der Waals surface area contributed by atoms with Crippen LogP contribution in [0.2, 0.25) is 0 Å². The topological polar surface area (TPSA) is 61.0 Å². The predicted molar refractivity (Wildman–Crippen MR) is 73.8 cm³/mol. The van der Waals surface area contributed by atoms with Gasteiger partial charge in [0.1, 0.15) is 11.9 Å². The third kappa shape index (κ3) is 2.19. The number of ether oxygens (including phenoxy) is 1. The molecule has 1 heterocycles. The summed E-state index contributed by atoms with van der Waals surface area (Å²) in [6.07, 6.45) is 2.83. The van der Waals surface area contributed by atoms with Crippen molar-refractivity contribution in [3.8, 4) is 0 Å². The van der Waals surface area contributed by atoms with Crippen molar-refractivity contribution in [2.75, 3.05) is 12.8 Å². The summed E-state index contributed by atoms with van der Waals surface area (Å²) in [4.78, 5) is 9.08. The summed E-state index contributed by atoms with van der Waals surface area (Å²) in [6.45, 7) is 0. The van der Waals surface area contributed by atoms with E-state index in [9.17, 15) is 0 Å². The van der Waals surface area contributed by atoms with E-state index in [1.165, 1.54) is 0 Å². The number of aryl methyl sites for hydroxylation is 1. The number of aromatic nitrogens is 2. The van der Waals surface area contributed by atoms with Gasteiger partial charge in [0, 0.05) is 18.4 Å². The molecular weight excluding hydrogens is 238 g/mol. The van der Waals surface area contributed by atoms with E-state index in [-0.39, 0.29) is 6.10 Å². The molecule has 3 rings (SSSR count). The molecule has 0 saturated heterocycles. The number of rotatable bonds is 3. The molecule has 2 N–H and O–H groups in total. The predicted octanol–water partition coefficient (Wildman–Crippen LogP) is 2.28. The van der Waals surface area contributed by atoms with Crippen molar-refractivity contribution in [3.05, 3.63) is 53.0 Å². The summed E-state index contributed by atoms with van der Waals surface area (Å²) in [7, 11) is 1.67. The summed E-state index contributed by atoms with van der Waals surface area (Å²) in [5, 5.41) is 0. The van der Waals surface area contributed by atoms with E-state index in [1.54, 1.807) is 7.11 Å². The van der Waals surface area contributed by atoms with Crippen LogP contribution in [0.1, 0.15) is 35.2 Å². The highest BCUT2D eigenvalue weighted by Gasteiger charge is 2.22. The lowest BCUT2D eigenvalue weighted by molar-refractivity contribution is 0.129. The van der Waals surface area contributed by atoms with Gasteiger partial charge in [-0.05, 0) is 24.8 Å². The zero-order valence-corrected chi connectivity index (χ0v) is 11.0. The Morgan fingerprint density at radius 1 is 1.16 bits per heavy atom. The van der Waals surface area contributed by atoms with E-state index in [2.05, 4.69) is 9.97 Å². The Morgan fingerprint density at radius 3 is 2.68 bits per heavy atom. The minimum Gasteiger partial charge on any atom is -0.383 e. The van der Waals surface area contributed by atoms with Crippen molar-refractivity contribution in [3.63, 3.8) is 0 Å². The van der Waals surface area contributed by atoms with Gasteiger partial charge in [-0.15, -0.1) is 0 Å². The molecule has 19 heavy (non-hydrogen) atoms. The molecule has 1 unspecified atom stereocenters. The molecule has 4 nitrogen and oxygen atoms in total. The van der Waals surface area contributed by atoms with Gasteiger partial charge in [-0.25, -0.2) is 9.97 Å². The molecule has 98 valence electrons. The number of hydrogen-bond acceptors (Lipinski definition) is 4. The Balaban J connectivity index is 2.03. The van der Waals surface area contributed by atoms with Crippen LogP contribution >= 0.6 is 0 Å². The van der Waals surface area contributed by atoms with Crippen molar-refractivity contribution >= 4 is 5.82 Å². The second-order valence-electron chi connectivity index (χ2n) is 4.77. The van der Waals surface area contributed by atoms with Crippen molar-refractivity contribution < 1.29 is 4.74 Å². The third-order valence-electron chi connectivity index (χ3n) is 3.55. The number of nitrogen functional groups attached to an aromatic ring is 1. The van der Waals surface area contributed by atoms with Crippen LogP contribution in [0.25, 0.3) is 0 Å². The van der Waals surface area contributed by atoms with Crippen molar-refractivity contribution in [2.24, 2.45) is 0 Å². The maximum absolute atomic E-state index is 6.04. The van der Waals surface area contributed by atoms with E-state index < -0.39 is 0 Å². The summed E-state index contributed by atoms with van der Waals surface area (Å²) < 4.78 is 5.56. The average Bonchev–Trinajstić information content (AvgIpc) is 2.90. The highest BCUT2D eigenvalue weighted by atomic mass is 16.5. The van der Waals surface area contributed by atoms with Gasteiger partial charge in [-0.2, -0.15) is 0 Å². The summed E-state index contributed by atoms with van der Waals surface area (Å²) in [5.74, 6) is 1.27. The molecule has 0 radical (unpaired) electrons. The fourth-order valence-corrected chi connectivity index (χ4v) is 2.62.